The highest BCUT2D eigenvalue weighted by Crippen LogP contribution is 2.29. The summed E-state index contributed by atoms with van der Waals surface area (Å²) < 4.78 is 22.9. The van der Waals surface area contributed by atoms with Crippen molar-refractivity contribution in [2.45, 2.75) is 37.0 Å². The van der Waals surface area contributed by atoms with Gasteiger partial charge in [0, 0.05) is 21.1 Å². The van der Waals surface area contributed by atoms with Crippen LogP contribution in [-0.2, 0) is 13.8 Å². The predicted octanol–water partition coefficient (Wildman–Crippen LogP) is 3.90. The van der Waals surface area contributed by atoms with Crippen LogP contribution in [0.25, 0.3) is 0 Å². The van der Waals surface area contributed by atoms with E-state index in [1.807, 2.05) is 0 Å². The Labute approximate surface area is 131 Å². The Kier molecular flexibility index (Phi) is 5.09. The zero-order valence-electron chi connectivity index (χ0n) is 10.7. The molecule has 1 aromatic carbocycles. The molecule has 1 N–H and O–H groups in total. The molecule has 1 aliphatic carbocycles. The van der Waals surface area contributed by atoms with Crippen LogP contribution >= 0.6 is 26.6 Å². The third kappa shape index (κ3) is 3.96. The lowest BCUT2D eigenvalue weighted by Gasteiger charge is -2.21. The van der Waals surface area contributed by atoms with Crippen molar-refractivity contribution >= 4 is 47.3 Å². The molecular formula is C13H15BrClNO3S. The van der Waals surface area contributed by atoms with E-state index in [-0.39, 0.29) is 16.7 Å². The van der Waals surface area contributed by atoms with Gasteiger partial charge in [0.1, 0.15) is 0 Å². The maximum atomic E-state index is 12.1. The van der Waals surface area contributed by atoms with E-state index in [1.54, 1.807) is 6.07 Å². The molecule has 0 heterocycles. The van der Waals surface area contributed by atoms with E-state index in [1.165, 1.54) is 18.6 Å². The van der Waals surface area contributed by atoms with Crippen LogP contribution < -0.4 is 5.32 Å². The van der Waals surface area contributed by atoms with Crippen molar-refractivity contribution < 1.29 is 13.2 Å². The topological polar surface area (TPSA) is 63.2 Å². The van der Waals surface area contributed by atoms with Crippen molar-refractivity contribution in [1.82, 2.24) is 0 Å². The molecule has 0 aliphatic heterocycles. The lowest BCUT2D eigenvalue weighted by Crippen LogP contribution is -2.24. The van der Waals surface area contributed by atoms with Gasteiger partial charge >= 0.3 is 0 Å². The maximum Gasteiger partial charge on any atom is 0.261 e. The number of carbonyl (C=O) groups is 1. The first kappa shape index (κ1) is 15.8. The molecule has 4 nitrogen and oxygen atoms in total. The molecule has 0 aromatic heterocycles. The number of amides is 1. The zero-order chi connectivity index (χ0) is 14.8. The van der Waals surface area contributed by atoms with Gasteiger partial charge < -0.3 is 5.32 Å². The van der Waals surface area contributed by atoms with Crippen molar-refractivity contribution in [3.8, 4) is 0 Å². The first-order chi connectivity index (χ1) is 9.38. The smallest absolute Gasteiger partial charge is 0.261 e. The summed E-state index contributed by atoms with van der Waals surface area (Å²) in [7, 11) is 1.51. The number of benzene rings is 1. The summed E-state index contributed by atoms with van der Waals surface area (Å²) in [4.78, 5) is 12.1. The summed E-state index contributed by atoms with van der Waals surface area (Å²) in [5, 5.41) is 2.83. The number of anilines is 1. The number of hydrogen-bond donors (Lipinski definition) is 1. The van der Waals surface area contributed by atoms with Gasteiger partial charge in [-0.15, -0.1) is 0 Å². The highest BCUT2D eigenvalue weighted by Gasteiger charge is 2.22. The molecule has 0 atom stereocenters. The van der Waals surface area contributed by atoms with Crippen molar-refractivity contribution in [3.05, 3.63) is 22.7 Å². The van der Waals surface area contributed by atoms with Gasteiger partial charge in [0.15, 0.2) is 0 Å². The third-order valence-electron chi connectivity index (χ3n) is 3.46. The molecule has 7 heteroatoms. The lowest BCUT2D eigenvalue weighted by molar-refractivity contribution is -0.120. The Morgan fingerprint density at radius 3 is 2.45 bits per heavy atom. The number of nitrogens with one attached hydrogen (secondary N) is 1. The fourth-order valence-electron chi connectivity index (χ4n) is 2.35. The van der Waals surface area contributed by atoms with Gasteiger partial charge in [-0.25, -0.2) is 8.42 Å². The van der Waals surface area contributed by atoms with Gasteiger partial charge in [-0.1, -0.05) is 19.3 Å². The van der Waals surface area contributed by atoms with Crippen LogP contribution in [0.3, 0.4) is 0 Å². The average molecular weight is 381 g/mol. The van der Waals surface area contributed by atoms with Gasteiger partial charge in [0.2, 0.25) is 5.91 Å². The molecule has 0 spiro atoms. The minimum absolute atomic E-state index is 0.00158. The van der Waals surface area contributed by atoms with Crippen LogP contribution in [-0.4, -0.2) is 14.3 Å². The Morgan fingerprint density at radius 2 is 1.90 bits per heavy atom. The van der Waals surface area contributed by atoms with E-state index in [0.29, 0.717) is 10.2 Å². The normalized spacial score (nSPS) is 16.9. The van der Waals surface area contributed by atoms with Crippen LogP contribution in [0.15, 0.2) is 27.6 Å². The Bertz CT molecular complexity index is 612. The van der Waals surface area contributed by atoms with Crippen LogP contribution in [0.2, 0.25) is 0 Å². The maximum absolute atomic E-state index is 12.1. The van der Waals surface area contributed by atoms with E-state index >= 15 is 0 Å². The summed E-state index contributed by atoms with van der Waals surface area (Å²) in [5.74, 6) is 0.0407. The molecule has 1 saturated carbocycles. The summed E-state index contributed by atoms with van der Waals surface area (Å²) in [6.07, 6.45) is 5.19. The molecule has 0 radical (unpaired) electrons. The monoisotopic (exact) mass is 379 g/mol. The molecule has 1 aromatic rings. The van der Waals surface area contributed by atoms with E-state index in [0.717, 1.165) is 25.7 Å². The molecule has 2 rings (SSSR count). The fourth-order valence-corrected chi connectivity index (χ4v) is 3.76. The van der Waals surface area contributed by atoms with E-state index in [2.05, 4.69) is 21.2 Å². The van der Waals surface area contributed by atoms with Gasteiger partial charge in [0.05, 0.1) is 10.6 Å². The molecule has 1 aliphatic rings. The third-order valence-corrected chi connectivity index (χ3v) is 5.46. The second kappa shape index (κ2) is 6.45. The number of halogens is 2. The average Bonchev–Trinajstić information content (AvgIpc) is 2.41. The molecule has 0 bridgehead atoms. The quantitative estimate of drug-likeness (QED) is 0.809. The first-order valence-corrected chi connectivity index (χ1v) is 9.53. The molecule has 0 unspecified atom stereocenters. The molecule has 1 amide bonds. The summed E-state index contributed by atoms with van der Waals surface area (Å²) in [5.41, 5.74) is 0.560. The highest BCUT2D eigenvalue weighted by atomic mass is 79.9. The second-order valence-corrected chi connectivity index (χ2v) is 8.32. The summed E-state index contributed by atoms with van der Waals surface area (Å²) in [6.45, 7) is 0. The van der Waals surface area contributed by atoms with E-state index in [4.69, 9.17) is 10.7 Å². The Morgan fingerprint density at radius 1 is 1.25 bits per heavy atom. The lowest BCUT2D eigenvalue weighted by atomic mass is 9.88. The zero-order valence-corrected chi connectivity index (χ0v) is 13.9. The van der Waals surface area contributed by atoms with Crippen molar-refractivity contribution in [2.24, 2.45) is 5.92 Å². The van der Waals surface area contributed by atoms with Crippen LogP contribution in [0.1, 0.15) is 32.1 Å². The number of rotatable bonds is 3. The largest absolute Gasteiger partial charge is 0.325 e. The van der Waals surface area contributed by atoms with E-state index in [9.17, 15) is 13.2 Å². The molecule has 1 fully saturated rings. The SMILES string of the molecule is O=C(Nc1ccc(S(=O)(=O)Cl)cc1Br)C1CCCCC1. The molecular weight excluding hydrogens is 366 g/mol. The summed E-state index contributed by atoms with van der Waals surface area (Å²) in [6, 6.07) is 4.31. The van der Waals surface area contributed by atoms with Crippen LogP contribution in [0.5, 0.6) is 0 Å². The molecule has 0 saturated heterocycles. The minimum atomic E-state index is -3.76. The summed E-state index contributed by atoms with van der Waals surface area (Å²) >= 11 is 3.25. The highest BCUT2D eigenvalue weighted by molar-refractivity contribution is 9.10. The van der Waals surface area contributed by atoms with Crippen molar-refractivity contribution in [3.63, 3.8) is 0 Å². The van der Waals surface area contributed by atoms with Gasteiger partial charge in [0.25, 0.3) is 9.05 Å². The van der Waals surface area contributed by atoms with E-state index < -0.39 is 9.05 Å². The van der Waals surface area contributed by atoms with Gasteiger partial charge in [-0.05, 0) is 47.0 Å². The predicted molar refractivity (Wildman–Crippen MR) is 82.4 cm³/mol. The second-order valence-electron chi connectivity index (χ2n) is 4.90. The standard InChI is InChI=1S/C13H15BrClNO3S/c14-11-8-10(20(15,18)19)6-7-12(11)16-13(17)9-4-2-1-3-5-9/h6-9H,1-5H2,(H,16,17). The van der Waals surface area contributed by atoms with Crippen LogP contribution in [0.4, 0.5) is 5.69 Å². The fraction of sp³-hybridized carbons (Fsp3) is 0.462. The first-order valence-electron chi connectivity index (χ1n) is 6.43. The Balaban J connectivity index is 2.11. The molecule has 20 heavy (non-hydrogen) atoms. The van der Waals surface area contributed by atoms with Crippen molar-refractivity contribution in [2.75, 3.05) is 5.32 Å². The molecule has 110 valence electrons. The number of hydrogen-bond acceptors (Lipinski definition) is 3. The van der Waals surface area contributed by atoms with Crippen LogP contribution in [0, 0.1) is 5.92 Å². The van der Waals surface area contributed by atoms with Gasteiger partial charge in [-0.2, -0.15) is 0 Å². The van der Waals surface area contributed by atoms with Crippen molar-refractivity contribution in [1.29, 1.82) is 0 Å². The minimum Gasteiger partial charge on any atom is -0.325 e. The van der Waals surface area contributed by atoms with Gasteiger partial charge in [-0.3, -0.25) is 4.79 Å². The number of carbonyl (C=O) groups excluding carboxylic acids is 1. The Hall–Kier alpha value is -0.590.